The van der Waals surface area contributed by atoms with Crippen molar-refractivity contribution in [2.45, 2.75) is 10.8 Å². The SMILES string of the molecule is N#CC(C(N)=O)c1cccc(S(=O)(=O)O)c1. The molecule has 0 aliphatic heterocycles. The van der Waals surface area contributed by atoms with Crippen molar-refractivity contribution in [1.82, 2.24) is 0 Å². The van der Waals surface area contributed by atoms with Gasteiger partial charge in [-0.2, -0.15) is 13.7 Å². The first-order valence-electron chi connectivity index (χ1n) is 4.12. The fourth-order valence-corrected chi connectivity index (χ4v) is 1.69. The molecule has 0 radical (unpaired) electrons. The van der Waals surface area contributed by atoms with Crippen LogP contribution in [0, 0.1) is 11.3 Å². The van der Waals surface area contributed by atoms with Crippen LogP contribution in [0.3, 0.4) is 0 Å². The number of carbonyl (C=O) groups is 1. The van der Waals surface area contributed by atoms with Crippen LogP contribution in [0.1, 0.15) is 11.5 Å². The number of hydrogen-bond donors (Lipinski definition) is 2. The van der Waals surface area contributed by atoms with E-state index in [1.165, 1.54) is 12.1 Å². The van der Waals surface area contributed by atoms with Crippen LogP contribution in [-0.2, 0) is 14.9 Å². The predicted octanol–water partition coefficient (Wildman–Crippen LogP) is 0.0258. The van der Waals surface area contributed by atoms with Crippen LogP contribution in [0.25, 0.3) is 0 Å². The third-order valence-electron chi connectivity index (χ3n) is 1.90. The topological polar surface area (TPSA) is 121 Å². The first-order valence-corrected chi connectivity index (χ1v) is 5.56. The van der Waals surface area contributed by atoms with Crippen molar-refractivity contribution in [3.63, 3.8) is 0 Å². The minimum absolute atomic E-state index is 0.130. The zero-order valence-corrected chi connectivity index (χ0v) is 8.81. The highest BCUT2D eigenvalue weighted by Gasteiger charge is 2.19. The first kappa shape index (κ1) is 12.2. The largest absolute Gasteiger partial charge is 0.368 e. The number of nitriles is 1. The highest BCUT2D eigenvalue weighted by molar-refractivity contribution is 7.85. The number of nitrogens with zero attached hydrogens (tertiary/aromatic N) is 1. The van der Waals surface area contributed by atoms with Gasteiger partial charge in [-0.25, -0.2) is 0 Å². The zero-order valence-electron chi connectivity index (χ0n) is 7.99. The fraction of sp³-hybridized carbons (Fsp3) is 0.111. The Morgan fingerprint density at radius 3 is 2.56 bits per heavy atom. The van der Waals surface area contributed by atoms with Gasteiger partial charge in [0.25, 0.3) is 10.1 Å². The Morgan fingerprint density at radius 2 is 2.12 bits per heavy atom. The lowest BCUT2D eigenvalue weighted by Crippen LogP contribution is -2.20. The van der Waals surface area contributed by atoms with Gasteiger partial charge in [-0.1, -0.05) is 12.1 Å². The molecule has 0 saturated carbocycles. The van der Waals surface area contributed by atoms with Gasteiger partial charge in [0, 0.05) is 0 Å². The Kier molecular flexibility index (Phi) is 3.27. The molecule has 3 N–H and O–H groups in total. The van der Waals surface area contributed by atoms with Crippen molar-refractivity contribution in [3.05, 3.63) is 29.8 Å². The number of primary amides is 1. The summed E-state index contributed by atoms with van der Waals surface area (Å²) in [6.07, 6.45) is 0. The molecule has 0 spiro atoms. The minimum Gasteiger partial charge on any atom is -0.368 e. The summed E-state index contributed by atoms with van der Waals surface area (Å²) in [4.78, 5) is 10.5. The van der Waals surface area contributed by atoms with Crippen molar-refractivity contribution in [2.75, 3.05) is 0 Å². The molecule has 0 saturated heterocycles. The fourth-order valence-electron chi connectivity index (χ4n) is 1.16. The summed E-state index contributed by atoms with van der Waals surface area (Å²) in [5, 5.41) is 8.68. The van der Waals surface area contributed by atoms with E-state index < -0.39 is 21.9 Å². The van der Waals surface area contributed by atoms with Crippen LogP contribution >= 0.6 is 0 Å². The molecule has 0 aromatic heterocycles. The van der Waals surface area contributed by atoms with Crippen LogP contribution in [-0.4, -0.2) is 18.9 Å². The molecule has 1 atom stereocenters. The Balaban J connectivity index is 3.29. The number of benzene rings is 1. The van der Waals surface area contributed by atoms with Gasteiger partial charge >= 0.3 is 0 Å². The van der Waals surface area contributed by atoms with E-state index in [0.29, 0.717) is 0 Å². The zero-order chi connectivity index (χ0) is 12.3. The van der Waals surface area contributed by atoms with Crippen molar-refractivity contribution in [2.24, 2.45) is 5.73 Å². The van der Waals surface area contributed by atoms with Crippen LogP contribution in [0.15, 0.2) is 29.2 Å². The van der Waals surface area contributed by atoms with Gasteiger partial charge in [-0.05, 0) is 17.7 Å². The summed E-state index contributed by atoms with van der Waals surface area (Å²) in [5.74, 6) is -2.11. The Morgan fingerprint density at radius 1 is 1.50 bits per heavy atom. The second-order valence-corrected chi connectivity index (χ2v) is 4.43. The van der Waals surface area contributed by atoms with Gasteiger partial charge in [0.15, 0.2) is 0 Å². The molecule has 16 heavy (non-hydrogen) atoms. The third-order valence-corrected chi connectivity index (χ3v) is 2.75. The summed E-state index contributed by atoms with van der Waals surface area (Å²) in [6.45, 7) is 0. The van der Waals surface area contributed by atoms with E-state index >= 15 is 0 Å². The third kappa shape index (κ3) is 2.56. The van der Waals surface area contributed by atoms with E-state index in [1.807, 2.05) is 0 Å². The average Bonchev–Trinajstić information content (AvgIpc) is 2.17. The van der Waals surface area contributed by atoms with Crippen LogP contribution in [0.5, 0.6) is 0 Å². The molecular weight excluding hydrogens is 232 g/mol. The Bertz CT molecular complexity index is 559. The lowest BCUT2D eigenvalue weighted by molar-refractivity contribution is -0.118. The molecule has 1 aromatic carbocycles. The Labute approximate surface area is 92.0 Å². The van der Waals surface area contributed by atoms with Crippen molar-refractivity contribution in [3.8, 4) is 6.07 Å². The normalized spacial score (nSPS) is 12.8. The second-order valence-electron chi connectivity index (χ2n) is 3.01. The van der Waals surface area contributed by atoms with Crippen molar-refractivity contribution >= 4 is 16.0 Å². The molecule has 0 aliphatic rings. The summed E-state index contributed by atoms with van der Waals surface area (Å²) >= 11 is 0. The monoisotopic (exact) mass is 240 g/mol. The molecule has 1 rings (SSSR count). The molecule has 0 aliphatic carbocycles. The molecule has 1 aromatic rings. The molecule has 1 amide bonds. The molecule has 0 bridgehead atoms. The maximum atomic E-state index is 10.9. The summed E-state index contributed by atoms with van der Waals surface area (Å²) < 4.78 is 30.4. The Hall–Kier alpha value is -1.91. The number of rotatable bonds is 3. The second kappa shape index (κ2) is 4.30. The molecule has 1 unspecified atom stereocenters. The summed E-state index contributed by atoms with van der Waals surface area (Å²) in [6, 6.07) is 6.52. The predicted molar refractivity (Wildman–Crippen MR) is 53.8 cm³/mol. The molecule has 84 valence electrons. The minimum atomic E-state index is -4.35. The van der Waals surface area contributed by atoms with E-state index in [4.69, 9.17) is 15.5 Å². The molecule has 0 fully saturated rings. The lowest BCUT2D eigenvalue weighted by atomic mass is 10.0. The molecule has 6 nitrogen and oxygen atoms in total. The van der Waals surface area contributed by atoms with E-state index in [-0.39, 0.29) is 10.5 Å². The molecule has 7 heteroatoms. The lowest BCUT2D eigenvalue weighted by Gasteiger charge is -2.05. The number of nitrogens with two attached hydrogens (primary N) is 1. The smallest absolute Gasteiger partial charge is 0.294 e. The van der Waals surface area contributed by atoms with E-state index in [0.717, 1.165) is 12.1 Å². The van der Waals surface area contributed by atoms with E-state index in [1.54, 1.807) is 6.07 Å². The standard InChI is InChI=1S/C9H8N2O4S/c10-5-8(9(11)12)6-2-1-3-7(4-6)16(13,14)15/h1-4,8H,(H2,11,12)(H,13,14,15). The maximum absolute atomic E-state index is 10.9. The van der Waals surface area contributed by atoms with E-state index in [2.05, 4.69) is 0 Å². The number of carbonyl (C=O) groups excluding carboxylic acids is 1. The van der Waals surface area contributed by atoms with Gasteiger partial charge in [0.1, 0.15) is 5.92 Å². The van der Waals surface area contributed by atoms with Gasteiger partial charge in [0.2, 0.25) is 5.91 Å². The quantitative estimate of drug-likeness (QED) is 0.721. The number of amides is 1. The summed E-state index contributed by atoms with van der Waals surface area (Å²) in [7, 11) is -4.35. The van der Waals surface area contributed by atoms with Crippen LogP contribution in [0.4, 0.5) is 0 Å². The van der Waals surface area contributed by atoms with Gasteiger partial charge in [-0.3, -0.25) is 9.35 Å². The maximum Gasteiger partial charge on any atom is 0.294 e. The van der Waals surface area contributed by atoms with Crippen LogP contribution < -0.4 is 5.73 Å². The highest BCUT2D eigenvalue weighted by Crippen LogP contribution is 2.18. The molecular formula is C9H8N2O4S. The van der Waals surface area contributed by atoms with Gasteiger partial charge in [-0.15, -0.1) is 0 Å². The van der Waals surface area contributed by atoms with Gasteiger partial charge < -0.3 is 5.73 Å². The van der Waals surface area contributed by atoms with E-state index in [9.17, 15) is 13.2 Å². The molecule has 0 heterocycles. The van der Waals surface area contributed by atoms with Crippen molar-refractivity contribution in [1.29, 1.82) is 5.26 Å². The highest BCUT2D eigenvalue weighted by atomic mass is 32.2. The average molecular weight is 240 g/mol. The van der Waals surface area contributed by atoms with Crippen molar-refractivity contribution < 1.29 is 17.8 Å². The first-order chi connectivity index (χ1) is 7.36. The summed E-state index contributed by atoms with van der Waals surface area (Å²) in [5.41, 5.74) is 5.09. The van der Waals surface area contributed by atoms with Gasteiger partial charge in [0.05, 0.1) is 11.0 Å². The number of hydrogen-bond acceptors (Lipinski definition) is 4. The van der Waals surface area contributed by atoms with Crippen LogP contribution in [0.2, 0.25) is 0 Å².